The predicted molar refractivity (Wildman–Crippen MR) is 117 cm³/mol. The summed E-state index contributed by atoms with van der Waals surface area (Å²) in [6.07, 6.45) is 0.482. The Balaban J connectivity index is 1.39. The molecule has 1 aliphatic heterocycles. The van der Waals surface area contributed by atoms with Crippen molar-refractivity contribution in [3.8, 4) is 0 Å². The Morgan fingerprint density at radius 2 is 1.87 bits per heavy atom. The number of halogens is 1. The van der Waals surface area contributed by atoms with E-state index in [1.165, 1.54) is 27.8 Å². The van der Waals surface area contributed by atoms with Crippen LogP contribution in [0.3, 0.4) is 0 Å². The van der Waals surface area contributed by atoms with Crippen LogP contribution >= 0.6 is 11.3 Å². The normalized spacial score (nSPS) is 14.1. The Morgan fingerprint density at radius 1 is 1.16 bits per heavy atom. The summed E-state index contributed by atoms with van der Waals surface area (Å²) in [6.45, 7) is 2.72. The Hall–Kier alpha value is -2.82. The molecule has 2 amide bonds. The van der Waals surface area contributed by atoms with E-state index in [-0.39, 0.29) is 23.8 Å². The fourth-order valence-electron chi connectivity index (χ4n) is 3.22. The monoisotopic (exact) mass is 460 g/mol. The average Bonchev–Trinajstić information content (AvgIpc) is 3.15. The van der Waals surface area contributed by atoms with Crippen molar-refractivity contribution in [3.63, 3.8) is 0 Å². The number of rotatable bonds is 5. The molecule has 2 N–H and O–H groups in total. The number of benzene rings is 2. The van der Waals surface area contributed by atoms with Gasteiger partial charge in [0.05, 0.1) is 17.1 Å². The summed E-state index contributed by atoms with van der Waals surface area (Å²) in [5.74, 6) is -0.333. The van der Waals surface area contributed by atoms with Crippen LogP contribution in [0, 0.1) is 12.7 Å². The quantitative estimate of drug-likeness (QED) is 0.608. The number of sulfonamides is 1. The topological polar surface area (TPSA) is 91.4 Å². The Labute approximate surface area is 184 Å². The van der Waals surface area contributed by atoms with Gasteiger partial charge in [0.25, 0.3) is 0 Å². The molecule has 1 aromatic heterocycles. The van der Waals surface area contributed by atoms with Gasteiger partial charge in [0.2, 0.25) is 10.0 Å². The van der Waals surface area contributed by atoms with Gasteiger partial charge in [-0.1, -0.05) is 41.2 Å². The lowest BCUT2D eigenvalue weighted by Gasteiger charge is -2.25. The number of hydrogen-bond donors (Lipinski definition) is 2. The van der Waals surface area contributed by atoms with Gasteiger partial charge in [-0.3, -0.25) is 5.32 Å². The number of nitrogens with zero attached hydrogens (tertiary/aromatic N) is 2. The van der Waals surface area contributed by atoms with Crippen LogP contribution in [0.25, 0.3) is 0 Å². The van der Waals surface area contributed by atoms with Crippen molar-refractivity contribution in [2.75, 3.05) is 11.9 Å². The summed E-state index contributed by atoms with van der Waals surface area (Å²) in [4.78, 5) is 17.7. The van der Waals surface area contributed by atoms with Crippen molar-refractivity contribution in [2.45, 2.75) is 31.3 Å². The first-order valence-electron chi connectivity index (χ1n) is 9.66. The van der Waals surface area contributed by atoms with E-state index in [9.17, 15) is 17.6 Å². The van der Waals surface area contributed by atoms with Crippen LogP contribution in [0.2, 0.25) is 0 Å². The molecule has 0 saturated heterocycles. The molecule has 3 aromatic rings. The zero-order chi connectivity index (χ0) is 22.0. The molecule has 0 aliphatic carbocycles. The van der Waals surface area contributed by atoms with E-state index in [2.05, 4.69) is 15.6 Å². The number of anilines is 1. The van der Waals surface area contributed by atoms with Gasteiger partial charge in [-0.25, -0.2) is 22.6 Å². The molecule has 2 aromatic carbocycles. The third-order valence-electron chi connectivity index (χ3n) is 4.94. The minimum absolute atomic E-state index is 0.224. The second-order valence-corrected chi connectivity index (χ2v) is 10.2. The summed E-state index contributed by atoms with van der Waals surface area (Å²) >= 11 is 1.27. The molecule has 2 heterocycles. The molecule has 0 spiro atoms. The molecule has 162 valence electrons. The third kappa shape index (κ3) is 4.92. The standard InChI is InChI=1S/C21H21FN4O3S2/c1-14-2-8-17(9-3-14)31(28,29)26-11-10-18-19(13-26)30-21(24-18)25-20(27)23-12-15-4-6-16(22)7-5-15/h2-9H,10-13H2,1H3,(H2,23,24,25,27). The van der Waals surface area contributed by atoms with Crippen LogP contribution < -0.4 is 10.6 Å². The number of amides is 2. The number of fused-ring (bicyclic) bond motifs is 1. The second-order valence-electron chi connectivity index (χ2n) is 7.22. The summed E-state index contributed by atoms with van der Waals surface area (Å²) in [5.41, 5.74) is 2.57. The maximum absolute atomic E-state index is 13.0. The van der Waals surface area contributed by atoms with E-state index in [1.54, 1.807) is 36.4 Å². The first-order chi connectivity index (χ1) is 14.8. The number of hydrogen-bond acceptors (Lipinski definition) is 5. The highest BCUT2D eigenvalue weighted by atomic mass is 32.2. The summed E-state index contributed by atoms with van der Waals surface area (Å²) in [6, 6.07) is 12.2. The van der Waals surface area contributed by atoms with Gasteiger partial charge in [0, 0.05) is 24.4 Å². The van der Waals surface area contributed by atoms with E-state index >= 15 is 0 Å². The number of urea groups is 1. The Kier molecular flexibility index (Phi) is 6.03. The molecule has 7 nitrogen and oxygen atoms in total. The highest BCUT2D eigenvalue weighted by Gasteiger charge is 2.30. The second kappa shape index (κ2) is 8.74. The van der Waals surface area contributed by atoms with Crippen LogP contribution in [0.5, 0.6) is 0 Å². The number of nitrogens with one attached hydrogen (secondary N) is 2. The van der Waals surface area contributed by atoms with Crippen molar-refractivity contribution in [3.05, 3.63) is 76.0 Å². The fraction of sp³-hybridized carbons (Fsp3) is 0.238. The van der Waals surface area contributed by atoms with E-state index < -0.39 is 16.1 Å². The van der Waals surface area contributed by atoms with Crippen LogP contribution in [0.15, 0.2) is 53.4 Å². The fourth-order valence-corrected chi connectivity index (χ4v) is 5.73. The lowest BCUT2D eigenvalue weighted by molar-refractivity contribution is 0.251. The molecule has 31 heavy (non-hydrogen) atoms. The minimum Gasteiger partial charge on any atom is -0.334 e. The smallest absolute Gasteiger partial charge is 0.321 e. The van der Waals surface area contributed by atoms with Crippen LogP contribution in [-0.2, 0) is 29.5 Å². The van der Waals surface area contributed by atoms with Crippen molar-refractivity contribution in [2.24, 2.45) is 0 Å². The molecule has 0 saturated carbocycles. The van der Waals surface area contributed by atoms with Crippen LogP contribution in [0.4, 0.5) is 14.3 Å². The molecule has 4 rings (SSSR count). The highest BCUT2D eigenvalue weighted by Crippen LogP contribution is 2.31. The van der Waals surface area contributed by atoms with E-state index in [1.807, 2.05) is 6.92 Å². The van der Waals surface area contributed by atoms with Gasteiger partial charge < -0.3 is 5.32 Å². The SMILES string of the molecule is Cc1ccc(S(=O)(=O)N2CCc3nc(NC(=O)NCc4ccc(F)cc4)sc3C2)cc1. The molecule has 0 radical (unpaired) electrons. The maximum Gasteiger partial charge on any atom is 0.321 e. The minimum atomic E-state index is -3.59. The first-order valence-corrected chi connectivity index (χ1v) is 11.9. The van der Waals surface area contributed by atoms with E-state index in [4.69, 9.17) is 0 Å². The number of carbonyl (C=O) groups excluding carboxylic acids is 1. The van der Waals surface area contributed by atoms with Gasteiger partial charge in [0.1, 0.15) is 5.82 Å². The van der Waals surface area contributed by atoms with Gasteiger partial charge in [-0.2, -0.15) is 4.31 Å². The zero-order valence-corrected chi connectivity index (χ0v) is 18.4. The number of aryl methyl sites for hydroxylation is 1. The summed E-state index contributed by atoms with van der Waals surface area (Å²) in [5, 5.41) is 5.79. The molecular formula is C21H21FN4O3S2. The van der Waals surface area contributed by atoms with Crippen LogP contribution in [0.1, 0.15) is 21.7 Å². The van der Waals surface area contributed by atoms with E-state index in [0.29, 0.717) is 18.1 Å². The molecule has 0 atom stereocenters. The largest absolute Gasteiger partial charge is 0.334 e. The van der Waals surface area contributed by atoms with E-state index in [0.717, 1.165) is 21.7 Å². The highest BCUT2D eigenvalue weighted by molar-refractivity contribution is 7.89. The summed E-state index contributed by atoms with van der Waals surface area (Å²) in [7, 11) is -3.59. The van der Waals surface area contributed by atoms with Crippen molar-refractivity contribution < 1.29 is 17.6 Å². The lowest BCUT2D eigenvalue weighted by atomic mass is 10.2. The first kappa shape index (κ1) is 21.4. The number of thiazole rings is 1. The third-order valence-corrected chi connectivity index (χ3v) is 7.80. The van der Waals surface area contributed by atoms with Gasteiger partial charge in [-0.15, -0.1) is 0 Å². The van der Waals surface area contributed by atoms with Gasteiger partial charge in [-0.05, 0) is 36.8 Å². The predicted octanol–water partition coefficient (Wildman–Crippen LogP) is 3.66. The Bertz CT molecular complexity index is 1190. The maximum atomic E-state index is 13.0. The van der Waals surface area contributed by atoms with Crippen LogP contribution in [-0.4, -0.2) is 30.3 Å². The molecule has 10 heteroatoms. The van der Waals surface area contributed by atoms with Gasteiger partial charge in [0.15, 0.2) is 5.13 Å². The molecular weight excluding hydrogens is 439 g/mol. The Morgan fingerprint density at radius 3 is 2.58 bits per heavy atom. The molecule has 0 fully saturated rings. The summed E-state index contributed by atoms with van der Waals surface area (Å²) < 4.78 is 40.3. The molecule has 1 aliphatic rings. The van der Waals surface area contributed by atoms with Crippen molar-refractivity contribution >= 4 is 32.5 Å². The number of carbonyl (C=O) groups is 1. The van der Waals surface area contributed by atoms with Crippen molar-refractivity contribution in [1.29, 1.82) is 0 Å². The van der Waals surface area contributed by atoms with Crippen molar-refractivity contribution in [1.82, 2.24) is 14.6 Å². The molecule has 0 bridgehead atoms. The average molecular weight is 461 g/mol. The molecule has 0 unspecified atom stereocenters. The zero-order valence-electron chi connectivity index (χ0n) is 16.8. The van der Waals surface area contributed by atoms with Gasteiger partial charge >= 0.3 is 6.03 Å². The number of aromatic nitrogens is 1. The lowest BCUT2D eigenvalue weighted by Crippen LogP contribution is -2.35.